The topological polar surface area (TPSA) is 168 Å². The lowest BCUT2D eigenvalue weighted by molar-refractivity contribution is -0.384. The summed E-state index contributed by atoms with van der Waals surface area (Å²) in [7, 11) is 0. The van der Waals surface area contributed by atoms with Gasteiger partial charge in [0.05, 0.1) is 31.0 Å². The van der Waals surface area contributed by atoms with E-state index in [2.05, 4.69) is 5.32 Å². The number of hydrogen-bond donors (Lipinski definition) is 2. The fourth-order valence-corrected chi connectivity index (χ4v) is 2.74. The highest BCUT2D eigenvalue weighted by Crippen LogP contribution is 2.26. The van der Waals surface area contributed by atoms with Gasteiger partial charge >= 0.3 is 11.9 Å². The smallest absolute Gasteiger partial charge is 0.306 e. The quantitative estimate of drug-likeness (QED) is 0.284. The van der Waals surface area contributed by atoms with Gasteiger partial charge in [0.2, 0.25) is 11.8 Å². The lowest BCUT2D eigenvalue weighted by Gasteiger charge is -2.25. The lowest BCUT2D eigenvalue weighted by Crippen LogP contribution is -2.48. The molecule has 1 rings (SSSR count). The monoisotopic (exact) mass is 423 g/mol. The van der Waals surface area contributed by atoms with E-state index in [4.69, 9.17) is 15.2 Å². The minimum atomic E-state index is -1.30. The van der Waals surface area contributed by atoms with Gasteiger partial charge in [-0.1, -0.05) is 12.1 Å². The summed E-state index contributed by atoms with van der Waals surface area (Å²) in [6.45, 7) is 3.53. The summed E-state index contributed by atoms with van der Waals surface area (Å²) in [5, 5.41) is 13.3. The Hall–Kier alpha value is -3.50. The number of nitrogens with two attached hydrogens (primary N) is 1. The lowest BCUT2D eigenvalue weighted by atomic mass is 9.87. The van der Waals surface area contributed by atoms with E-state index in [1.54, 1.807) is 13.8 Å². The third kappa shape index (κ3) is 7.86. The first-order valence-corrected chi connectivity index (χ1v) is 9.33. The molecule has 0 unspecified atom stereocenters. The number of hydrogen-bond acceptors (Lipinski definition) is 8. The number of nitrogens with one attached hydrogen (secondary N) is 1. The molecule has 0 spiro atoms. The van der Waals surface area contributed by atoms with Crippen molar-refractivity contribution in [3.05, 3.63) is 39.9 Å². The highest BCUT2D eigenvalue weighted by atomic mass is 16.6. The molecular formula is C19H25N3O8. The Morgan fingerprint density at radius 3 is 2.10 bits per heavy atom. The maximum Gasteiger partial charge on any atom is 0.306 e. The molecule has 0 bridgehead atoms. The van der Waals surface area contributed by atoms with Gasteiger partial charge in [0.25, 0.3) is 5.69 Å². The summed E-state index contributed by atoms with van der Waals surface area (Å²) >= 11 is 0. The Bertz CT molecular complexity index is 778. The number of benzene rings is 1. The zero-order valence-corrected chi connectivity index (χ0v) is 16.8. The van der Waals surface area contributed by atoms with Crippen LogP contribution in [0.2, 0.25) is 0 Å². The molecule has 1 aromatic carbocycles. The summed E-state index contributed by atoms with van der Waals surface area (Å²) in [6, 6.07) is 3.89. The average Bonchev–Trinajstić information content (AvgIpc) is 2.69. The Labute approximate surface area is 173 Å². The summed E-state index contributed by atoms with van der Waals surface area (Å²) in [5.74, 6) is -3.67. The zero-order valence-electron chi connectivity index (χ0n) is 16.8. The molecule has 2 atom stereocenters. The van der Waals surface area contributed by atoms with Crippen LogP contribution in [0.25, 0.3) is 0 Å². The van der Waals surface area contributed by atoms with Crippen molar-refractivity contribution in [3.8, 4) is 0 Å². The minimum absolute atomic E-state index is 0.110. The molecule has 2 amide bonds. The van der Waals surface area contributed by atoms with E-state index >= 15 is 0 Å². The molecule has 0 aliphatic rings. The second-order valence-electron chi connectivity index (χ2n) is 6.22. The molecule has 0 radical (unpaired) electrons. The molecule has 11 nitrogen and oxygen atoms in total. The van der Waals surface area contributed by atoms with E-state index in [0.29, 0.717) is 5.56 Å². The molecule has 0 aliphatic carbocycles. The van der Waals surface area contributed by atoms with Crippen LogP contribution in [0.5, 0.6) is 0 Å². The number of esters is 2. The number of primary amides is 1. The molecule has 0 aromatic heterocycles. The molecule has 0 aliphatic heterocycles. The fraction of sp³-hybridized carbons (Fsp3) is 0.474. The standard InChI is InChI=1S/C19H25N3O8/c1-3-29-16(24)10-9-15(23)21-18(19(20)26)14(11-17(25)30-4-2)12-5-7-13(8-6-12)22(27)28/h5-8,14,18H,3-4,9-11H2,1-2H3,(H2,20,26)(H,21,23)/t14-,18+/m1/s1. The molecule has 1 aromatic rings. The molecule has 0 saturated carbocycles. The van der Waals surface area contributed by atoms with Crippen LogP contribution >= 0.6 is 0 Å². The van der Waals surface area contributed by atoms with Gasteiger partial charge in [-0.2, -0.15) is 0 Å². The van der Waals surface area contributed by atoms with E-state index in [1.165, 1.54) is 24.3 Å². The van der Waals surface area contributed by atoms with Crippen molar-refractivity contribution in [3.63, 3.8) is 0 Å². The van der Waals surface area contributed by atoms with E-state index < -0.39 is 40.6 Å². The van der Waals surface area contributed by atoms with Crippen molar-refractivity contribution in [2.45, 2.75) is 45.1 Å². The van der Waals surface area contributed by atoms with Crippen LogP contribution in [0.15, 0.2) is 24.3 Å². The third-order valence-electron chi connectivity index (χ3n) is 4.11. The number of non-ortho nitro benzene ring substituents is 1. The van der Waals surface area contributed by atoms with E-state index in [-0.39, 0.29) is 38.2 Å². The van der Waals surface area contributed by atoms with Crippen LogP contribution in [-0.4, -0.2) is 47.9 Å². The van der Waals surface area contributed by atoms with Crippen molar-refractivity contribution in [2.24, 2.45) is 5.73 Å². The number of nitro benzene ring substituents is 1. The van der Waals surface area contributed by atoms with Crippen molar-refractivity contribution in [1.29, 1.82) is 0 Å². The Balaban J connectivity index is 3.07. The second kappa shape index (κ2) is 12.1. The van der Waals surface area contributed by atoms with E-state index in [9.17, 15) is 29.3 Å². The molecule has 30 heavy (non-hydrogen) atoms. The molecule has 164 valence electrons. The fourth-order valence-electron chi connectivity index (χ4n) is 2.74. The first-order valence-electron chi connectivity index (χ1n) is 9.33. The van der Waals surface area contributed by atoms with Crippen molar-refractivity contribution in [1.82, 2.24) is 5.32 Å². The summed E-state index contributed by atoms with van der Waals surface area (Å²) in [4.78, 5) is 58.0. The number of nitro groups is 1. The maximum atomic E-state index is 12.2. The van der Waals surface area contributed by atoms with Crippen LogP contribution in [0, 0.1) is 10.1 Å². The van der Waals surface area contributed by atoms with Gasteiger partial charge in [-0.05, 0) is 19.4 Å². The number of carbonyl (C=O) groups is 4. The number of nitrogens with zero attached hydrogens (tertiary/aromatic N) is 1. The normalized spacial score (nSPS) is 12.3. The first-order chi connectivity index (χ1) is 14.2. The Kier molecular flexibility index (Phi) is 9.93. The van der Waals surface area contributed by atoms with Crippen LogP contribution in [0.3, 0.4) is 0 Å². The van der Waals surface area contributed by atoms with Gasteiger partial charge < -0.3 is 20.5 Å². The van der Waals surface area contributed by atoms with E-state index in [0.717, 1.165) is 0 Å². The summed E-state index contributed by atoms with van der Waals surface area (Å²) < 4.78 is 9.67. The average molecular weight is 423 g/mol. The van der Waals surface area contributed by atoms with Crippen LogP contribution in [-0.2, 0) is 28.7 Å². The van der Waals surface area contributed by atoms with Gasteiger partial charge in [0.15, 0.2) is 0 Å². The predicted octanol–water partition coefficient (Wildman–Crippen LogP) is 0.945. The minimum Gasteiger partial charge on any atom is -0.466 e. The van der Waals surface area contributed by atoms with Gasteiger partial charge in [0, 0.05) is 24.5 Å². The maximum absolute atomic E-state index is 12.2. The van der Waals surface area contributed by atoms with Gasteiger partial charge in [0.1, 0.15) is 6.04 Å². The summed E-state index contributed by atoms with van der Waals surface area (Å²) in [6.07, 6.45) is -0.725. The largest absolute Gasteiger partial charge is 0.466 e. The highest BCUT2D eigenvalue weighted by molar-refractivity contribution is 5.89. The van der Waals surface area contributed by atoms with E-state index in [1.807, 2.05) is 0 Å². The Morgan fingerprint density at radius 1 is 1.03 bits per heavy atom. The molecule has 0 saturated heterocycles. The number of ether oxygens (including phenoxy) is 2. The van der Waals surface area contributed by atoms with Crippen LogP contribution in [0.4, 0.5) is 5.69 Å². The molecule has 0 fully saturated rings. The van der Waals surface area contributed by atoms with Crippen LogP contribution < -0.4 is 11.1 Å². The van der Waals surface area contributed by atoms with Crippen molar-refractivity contribution >= 4 is 29.4 Å². The van der Waals surface area contributed by atoms with Crippen molar-refractivity contribution < 1.29 is 33.6 Å². The molecular weight excluding hydrogens is 398 g/mol. The molecule has 11 heteroatoms. The van der Waals surface area contributed by atoms with Crippen molar-refractivity contribution in [2.75, 3.05) is 13.2 Å². The highest BCUT2D eigenvalue weighted by Gasteiger charge is 2.32. The number of rotatable bonds is 12. The SMILES string of the molecule is CCOC(=O)CCC(=O)N[C@H](C(N)=O)[C@H](CC(=O)OCC)c1ccc([N+](=O)[O-])cc1. The zero-order chi connectivity index (χ0) is 22.7. The first kappa shape index (κ1) is 24.5. The van der Waals surface area contributed by atoms with Gasteiger partial charge in [-0.15, -0.1) is 0 Å². The van der Waals surface area contributed by atoms with Crippen LogP contribution in [0.1, 0.15) is 44.6 Å². The summed E-state index contributed by atoms with van der Waals surface area (Å²) in [5.41, 5.74) is 5.65. The Morgan fingerprint density at radius 2 is 1.60 bits per heavy atom. The van der Waals surface area contributed by atoms with Gasteiger partial charge in [-0.25, -0.2) is 0 Å². The molecule has 0 heterocycles. The van der Waals surface area contributed by atoms with Gasteiger partial charge in [-0.3, -0.25) is 29.3 Å². The third-order valence-corrected chi connectivity index (χ3v) is 4.11. The number of amides is 2. The predicted molar refractivity (Wildman–Crippen MR) is 104 cm³/mol. The second-order valence-corrected chi connectivity index (χ2v) is 6.22. The molecule has 3 N–H and O–H groups in total. The number of carbonyl (C=O) groups excluding carboxylic acids is 4.